The predicted octanol–water partition coefficient (Wildman–Crippen LogP) is 4.33. The topological polar surface area (TPSA) is 99.2 Å². The summed E-state index contributed by atoms with van der Waals surface area (Å²) in [6.45, 7) is 9.43. The van der Waals surface area contributed by atoms with Gasteiger partial charge < -0.3 is 33.3 Å². The normalized spacial score (nSPS) is 21.1. The summed E-state index contributed by atoms with van der Waals surface area (Å²) in [4.78, 5) is 4.82. The van der Waals surface area contributed by atoms with E-state index in [0.717, 1.165) is 66.5 Å². The van der Waals surface area contributed by atoms with Gasteiger partial charge >= 0.3 is 0 Å². The molecule has 280 valence electrons. The van der Waals surface area contributed by atoms with Crippen molar-refractivity contribution < 1.29 is 36.8 Å². The van der Waals surface area contributed by atoms with Crippen LogP contribution in [0.15, 0.2) is 71.6 Å². The number of methoxy groups -OCH3 is 2. The molecule has 12 heteroatoms. The van der Waals surface area contributed by atoms with Crippen molar-refractivity contribution in [1.82, 2.24) is 9.21 Å². The Morgan fingerprint density at radius 3 is 2.35 bits per heavy atom. The van der Waals surface area contributed by atoms with Crippen molar-refractivity contribution in [3.63, 3.8) is 0 Å². The van der Waals surface area contributed by atoms with Gasteiger partial charge in [-0.2, -0.15) is 4.31 Å². The van der Waals surface area contributed by atoms with Crippen LogP contribution >= 0.6 is 0 Å². The molecule has 0 saturated carbocycles. The molecule has 3 atom stereocenters. The van der Waals surface area contributed by atoms with Gasteiger partial charge in [0.05, 0.1) is 62.8 Å². The quantitative estimate of drug-likeness (QED) is 0.176. The van der Waals surface area contributed by atoms with E-state index in [1.165, 1.54) is 4.31 Å². The fourth-order valence-electron chi connectivity index (χ4n) is 6.94. The molecule has 3 aromatic rings. The Morgan fingerprint density at radius 2 is 1.62 bits per heavy atom. The Labute approximate surface area is 308 Å². The number of aryl methyl sites for hydroxylation is 1. The van der Waals surface area contributed by atoms with Gasteiger partial charge in [0.2, 0.25) is 10.0 Å². The van der Waals surface area contributed by atoms with Crippen LogP contribution < -0.4 is 14.4 Å². The monoisotopic (exact) mass is 733 g/mol. The van der Waals surface area contributed by atoms with Gasteiger partial charge in [0.1, 0.15) is 24.7 Å². The summed E-state index contributed by atoms with van der Waals surface area (Å²) in [5.74, 6) is 7.72. The van der Waals surface area contributed by atoms with Gasteiger partial charge in [-0.05, 0) is 60.9 Å². The van der Waals surface area contributed by atoms with E-state index >= 15 is 0 Å². The Hall–Kier alpha value is -3.67. The maximum Gasteiger partial charge on any atom is 0.243 e. The first-order chi connectivity index (χ1) is 25.4. The lowest BCUT2D eigenvalue weighted by atomic mass is 9.85. The van der Waals surface area contributed by atoms with Gasteiger partial charge in [0.15, 0.2) is 0 Å². The third kappa shape index (κ3) is 9.65. The molecule has 3 aliphatic rings. The molecule has 0 radical (unpaired) electrons. The molecular weight excluding hydrogens is 683 g/mol. The summed E-state index contributed by atoms with van der Waals surface area (Å²) in [5, 5.41) is 0. The molecule has 11 nitrogen and oxygen atoms in total. The Kier molecular flexibility index (Phi) is 13.5. The molecule has 6 rings (SSSR count). The van der Waals surface area contributed by atoms with Crippen molar-refractivity contribution in [3.05, 3.63) is 83.4 Å². The van der Waals surface area contributed by atoms with Gasteiger partial charge in [0, 0.05) is 52.4 Å². The molecule has 0 N–H and O–H groups in total. The Balaban J connectivity index is 1.27. The number of hydrogen-bond acceptors (Lipinski definition) is 10. The van der Waals surface area contributed by atoms with Crippen molar-refractivity contribution in [1.29, 1.82) is 0 Å². The number of hydrogen-bond donors (Lipinski definition) is 0. The fraction of sp³-hybridized carbons (Fsp3) is 0.500. The van der Waals surface area contributed by atoms with Crippen LogP contribution in [-0.2, 0) is 35.6 Å². The number of nitrogens with zero attached hydrogens (tertiary/aromatic N) is 3. The van der Waals surface area contributed by atoms with E-state index in [9.17, 15) is 8.42 Å². The van der Waals surface area contributed by atoms with E-state index < -0.39 is 22.2 Å². The van der Waals surface area contributed by atoms with Gasteiger partial charge in [-0.25, -0.2) is 8.42 Å². The van der Waals surface area contributed by atoms with Crippen molar-refractivity contribution in [3.8, 4) is 23.3 Å². The van der Waals surface area contributed by atoms with E-state index in [1.54, 1.807) is 26.4 Å². The average Bonchev–Trinajstić information content (AvgIpc) is 3.17. The van der Waals surface area contributed by atoms with Crippen molar-refractivity contribution >= 4 is 15.7 Å². The molecule has 52 heavy (non-hydrogen) atoms. The molecule has 2 saturated heterocycles. The second kappa shape index (κ2) is 18.4. The highest BCUT2D eigenvalue weighted by Gasteiger charge is 2.43. The third-order valence-electron chi connectivity index (χ3n) is 9.85. The third-order valence-corrected chi connectivity index (χ3v) is 11.7. The summed E-state index contributed by atoms with van der Waals surface area (Å²) < 4.78 is 65.3. The molecule has 0 spiro atoms. The minimum Gasteiger partial charge on any atom is -0.497 e. The standard InChI is InChI=1S/C40H51N3O8S/c1-31-7-14-35(15-8-31)52(44,45)43-28-38(49-23-5-4-17-41-19-24-48-25-20-41)40(33-10-12-34(47-3)13-11-33)39(29-43)51-30-32-9-16-37-36(27-32)42(21-26-50-37)18-6-22-46-2/h7-16,27,38-40H,6,17-26,28-30H2,1-3H3/t38-,39+,40+/m1/s1. The zero-order valence-electron chi connectivity index (χ0n) is 30.5. The predicted molar refractivity (Wildman–Crippen MR) is 200 cm³/mol. The number of sulfonamides is 1. The second-order valence-electron chi connectivity index (χ2n) is 13.4. The summed E-state index contributed by atoms with van der Waals surface area (Å²) in [6, 6.07) is 21.0. The summed E-state index contributed by atoms with van der Waals surface area (Å²) in [6.07, 6.45) is -0.149. The van der Waals surface area contributed by atoms with Gasteiger partial charge in [-0.15, -0.1) is 0 Å². The molecule has 0 unspecified atom stereocenters. The minimum atomic E-state index is -3.86. The molecule has 2 fully saturated rings. The molecule has 3 aromatic carbocycles. The number of piperidine rings is 1. The number of benzene rings is 3. The highest BCUT2D eigenvalue weighted by molar-refractivity contribution is 7.89. The lowest BCUT2D eigenvalue weighted by molar-refractivity contribution is -0.0724. The smallest absolute Gasteiger partial charge is 0.243 e. The molecule has 0 aromatic heterocycles. The first kappa shape index (κ1) is 38.1. The second-order valence-corrected chi connectivity index (χ2v) is 15.3. The SMILES string of the molecule is COCCCN1CCOc2ccc(CO[C@H]3CN(S(=O)(=O)c4ccc(C)cc4)C[C@@H](OCC#CCN4CCOCC4)[C@@H]3c3ccc(OC)cc3)cc21. The maximum atomic E-state index is 14.2. The van der Waals surface area contributed by atoms with Crippen LogP contribution in [0.4, 0.5) is 5.69 Å². The number of morpholine rings is 1. The molecule has 3 heterocycles. The van der Waals surface area contributed by atoms with Crippen molar-refractivity contribution in [2.75, 3.05) is 98.0 Å². The molecule has 0 bridgehead atoms. The van der Waals surface area contributed by atoms with Crippen LogP contribution in [0.2, 0.25) is 0 Å². The summed E-state index contributed by atoms with van der Waals surface area (Å²) in [5.41, 5.74) is 3.97. The van der Waals surface area contributed by atoms with Crippen LogP contribution in [0.25, 0.3) is 0 Å². The first-order valence-electron chi connectivity index (χ1n) is 18.0. The lowest BCUT2D eigenvalue weighted by Crippen LogP contribution is -2.54. The van der Waals surface area contributed by atoms with Crippen LogP contribution in [0.3, 0.4) is 0 Å². The maximum absolute atomic E-state index is 14.2. The molecule has 0 aliphatic carbocycles. The fourth-order valence-corrected chi connectivity index (χ4v) is 8.40. The van der Waals surface area contributed by atoms with E-state index in [4.69, 9.17) is 28.4 Å². The van der Waals surface area contributed by atoms with Crippen molar-refractivity contribution in [2.24, 2.45) is 0 Å². The van der Waals surface area contributed by atoms with Gasteiger partial charge in [0.25, 0.3) is 0 Å². The van der Waals surface area contributed by atoms with Gasteiger partial charge in [-0.3, -0.25) is 4.90 Å². The number of ether oxygens (including phenoxy) is 6. The highest BCUT2D eigenvalue weighted by Crippen LogP contribution is 2.37. The number of anilines is 1. The molecular formula is C40H51N3O8S. The van der Waals surface area contributed by atoms with E-state index in [1.807, 2.05) is 55.5 Å². The Bertz CT molecular complexity index is 1750. The van der Waals surface area contributed by atoms with E-state index in [-0.39, 0.29) is 37.1 Å². The van der Waals surface area contributed by atoms with Crippen LogP contribution in [0.5, 0.6) is 11.5 Å². The van der Waals surface area contributed by atoms with E-state index in [0.29, 0.717) is 33.0 Å². The summed E-state index contributed by atoms with van der Waals surface area (Å²) >= 11 is 0. The Morgan fingerprint density at radius 1 is 0.865 bits per heavy atom. The number of fused-ring (bicyclic) bond motifs is 1. The van der Waals surface area contributed by atoms with Crippen LogP contribution in [0.1, 0.15) is 29.0 Å². The van der Waals surface area contributed by atoms with Crippen LogP contribution in [0, 0.1) is 18.8 Å². The minimum absolute atomic E-state index is 0.157. The zero-order chi connectivity index (χ0) is 36.3. The lowest BCUT2D eigenvalue weighted by Gasteiger charge is -2.43. The first-order valence-corrected chi connectivity index (χ1v) is 19.5. The molecule has 3 aliphatic heterocycles. The van der Waals surface area contributed by atoms with Crippen molar-refractivity contribution in [2.45, 2.75) is 43.0 Å². The average molecular weight is 734 g/mol. The number of rotatable bonds is 14. The van der Waals surface area contributed by atoms with Gasteiger partial charge in [-0.1, -0.05) is 47.7 Å². The summed E-state index contributed by atoms with van der Waals surface area (Å²) in [7, 11) is -0.502. The zero-order valence-corrected chi connectivity index (χ0v) is 31.3. The van der Waals surface area contributed by atoms with E-state index in [2.05, 4.69) is 27.7 Å². The largest absolute Gasteiger partial charge is 0.497 e. The van der Waals surface area contributed by atoms with Crippen LogP contribution in [-0.4, -0.2) is 123 Å². The highest BCUT2D eigenvalue weighted by atomic mass is 32.2. The molecule has 0 amide bonds.